The summed E-state index contributed by atoms with van der Waals surface area (Å²) in [7, 11) is 0. The molecule has 13 nitrogen and oxygen atoms in total. The molecule has 260 valence electrons. The van der Waals surface area contributed by atoms with Gasteiger partial charge in [-0.2, -0.15) is 4.73 Å². The second-order valence-corrected chi connectivity index (χ2v) is 11.8. The maximum absolute atomic E-state index is 13.9. The van der Waals surface area contributed by atoms with Crippen molar-refractivity contribution in [3.8, 4) is 0 Å². The maximum Gasteiger partial charge on any atom is 0.419 e. The Bertz CT molecular complexity index is 2220. The van der Waals surface area contributed by atoms with E-state index in [0.717, 1.165) is 25.9 Å². The molecule has 1 atom stereocenters. The first kappa shape index (κ1) is 33.4. The highest BCUT2D eigenvalue weighted by atomic mass is 16.7. The number of fused-ring (bicyclic) bond motifs is 4. The van der Waals surface area contributed by atoms with Crippen LogP contribution in [-0.2, 0) is 30.2 Å². The topological polar surface area (TPSA) is 134 Å². The van der Waals surface area contributed by atoms with E-state index in [0.29, 0.717) is 70.0 Å². The number of benzene rings is 3. The van der Waals surface area contributed by atoms with Gasteiger partial charge in [-0.25, -0.2) is 14.3 Å². The zero-order chi connectivity index (χ0) is 34.3. The molecule has 3 aromatic heterocycles. The highest BCUT2D eigenvalue weighted by molar-refractivity contribution is 6.03. The summed E-state index contributed by atoms with van der Waals surface area (Å²) in [5.41, 5.74) is 2.06. The zero-order valence-electron chi connectivity index (χ0n) is 27.5. The summed E-state index contributed by atoms with van der Waals surface area (Å²) in [6.07, 6.45) is 6.71. The molecular formula is C37H38N4O9. The van der Waals surface area contributed by atoms with Crippen LogP contribution in [-0.4, -0.2) is 84.1 Å². The lowest BCUT2D eigenvalue weighted by molar-refractivity contribution is -0.169. The van der Waals surface area contributed by atoms with Crippen LogP contribution < -0.4 is 15.7 Å². The highest BCUT2D eigenvalue weighted by Crippen LogP contribution is 2.26. The molecule has 0 saturated carbocycles. The Morgan fingerprint density at radius 2 is 1.46 bits per heavy atom. The second kappa shape index (κ2) is 15.6. The second-order valence-electron chi connectivity index (χ2n) is 11.8. The van der Waals surface area contributed by atoms with Crippen molar-refractivity contribution in [2.45, 2.75) is 32.1 Å². The monoisotopic (exact) mass is 682 g/mol. The molecule has 0 spiro atoms. The van der Waals surface area contributed by atoms with E-state index < -0.39 is 6.09 Å². The van der Waals surface area contributed by atoms with E-state index >= 15 is 0 Å². The number of pyridine rings is 2. The van der Waals surface area contributed by atoms with E-state index in [1.165, 1.54) is 23.3 Å². The van der Waals surface area contributed by atoms with Crippen molar-refractivity contribution in [3.05, 3.63) is 99.8 Å². The molecule has 6 aromatic rings. The molecule has 50 heavy (non-hydrogen) atoms. The lowest BCUT2D eigenvalue weighted by Gasteiger charge is -2.22. The molecule has 4 heterocycles. The third-order valence-electron chi connectivity index (χ3n) is 8.66. The van der Waals surface area contributed by atoms with Gasteiger partial charge in [0.15, 0.2) is 17.1 Å². The number of para-hydroxylation sites is 2. The van der Waals surface area contributed by atoms with E-state index in [-0.39, 0.29) is 43.6 Å². The van der Waals surface area contributed by atoms with Gasteiger partial charge in [0.2, 0.25) is 0 Å². The van der Waals surface area contributed by atoms with Crippen molar-refractivity contribution < 1.29 is 33.3 Å². The molecule has 1 saturated heterocycles. The van der Waals surface area contributed by atoms with E-state index in [1.54, 1.807) is 29.0 Å². The van der Waals surface area contributed by atoms with Crippen LogP contribution in [0.5, 0.6) is 0 Å². The molecule has 1 aliphatic rings. The third-order valence-corrected chi connectivity index (χ3v) is 8.66. The lowest BCUT2D eigenvalue weighted by Crippen LogP contribution is -2.25. The van der Waals surface area contributed by atoms with E-state index in [9.17, 15) is 14.4 Å². The fourth-order valence-electron chi connectivity index (χ4n) is 6.26. The van der Waals surface area contributed by atoms with Crippen LogP contribution in [0.15, 0.2) is 89.0 Å². The average molecular weight is 683 g/mol. The molecule has 1 aliphatic heterocycles. The van der Waals surface area contributed by atoms with Crippen molar-refractivity contribution in [1.29, 1.82) is 0 Å². The molecule has 13 heteroatoms. The van der Waals surface area contributed by atoms with Crippen molar-refractivity contribution >= 4 is 49.7 Å². The van der Waals surface area contributed by atoms with Gasteiger partial charge in [0.1, 0.15) is 19.5 Å². The van der Waals surface area contributed by atoms with Gasteiger partial charge in [-0.05, 0) is 55.7 Å². The van der Waals surface area contributed by atoms with Gasteiger partial charge in [-0.1, -0.05) is 24.3 Å². The van der Waals surface area contributed by atoms with Crippen LogP contribution in [0.1, 0.15) is 19.3 Å². The first-order valence-corrected chi connectivity index (χ1v) is 16.8. The molecule has 0 amide bonds. The molecule has 0 N–H and O–H groups in total. The number of hydrogen-bond donors (Lipinski definition) is 0. The number of carbonyl (C=O) groups is 1. The van der Waals surface area contributed by atoms with Crippen molar-refractivity contribution in [3.63, 3.8) is 0 Å². The average Bonchev–Trinajstić information content (AvgIpc) is 3.71. The Labute approximate surface area is 286 Å². The van der Waals surface area contributed by atoms with Gasteiger partial charge in [0.25, 0.3) is 0 Å². The van der Waals surface area contributed by atoms with Gasteiger partial charge in [0, 0.05) is 41.7 Å². The van der Waals surface area contributed by atoms with Crippen LogP contribution in [0, 0.1) is 0 Å². The minimum absolute atomic E-state index is 0.0637. The quantitative estimate of drug-likeness (QED) is 0.119. The van der Waals surface area contributed by atoms with E-state index in [4.69, 9.17) is 28.5 Å². The number of hydrogen-bond acceptors (Lipinski definition) is 10. The van der Waals surface area contributed by atoms with Gasteiger partial charge in [0.05, 0.1) is 60.5 Å². The minimum Gasteiger partial charge on any atom is -0.446 e. The first-order valence-electron chi connectivity index (χ1n) is 16.8. The Morgan fingerprint density at radius 3 is 2.24 bits per heavy atom. The Hall–Kier alpha value is -5.08. The van der Waals surface area contributed by atoms with Crippen molar-refractivity contribution in [1.82, 2.24) is 18.8 Å². The molecule has 3 aromatic carbocycles. The highest BCUT2D eigenvalue weighted by Gasteiger charge is 2.18. The van der Waals surface area contributed by atoms with Gasteiger partial charge >= 0.3 is 6.09 Å². The van der Waals surface area contributed by atoms with Crippen molar-refractivity contribution in [2.24, 2.45) is 0 Å². The molecule has 1 unspecified atom stereocenters. The molecule has 7 rings (SSSR count). The van der Waals surface area contributed by atoms with Crippen LogP contribution in [0.25, 0.3) is 43.6 Å². The number of carbonyl (C=O) groups excluding carboxylic acids is 1. The fourth-order valence-corrected chi connectivity index (χ4v) is 6.26. The summed E-state index contributed by atoms with van der Waals surface area (Å²) in [5.74, 6) is 0. The largest absolute Gasteiger partial charge is 0.446 e. The molecule has 1 fully saturated rings. The lowest BCUT2D eigenvalue weighted by atomic mass is 10.0. The number of ether oxygens (including phenoxy) is 5. The summed E-state index contributed by atoms with van der Waals surface area (Å²) in [6.45, 7) is 2.94. The maximum atomic E-state index is 13.9. The number of rotatable bonds is 14. The summed E-state index contributed by atoms with van der Waals surface area (Å²) < 4.78 is 33.0. The van der Waals surface area contributed by atoms with E-state index in [2.05, 4.69) is 4.98 Å². The number of imidazole rings is 1. The fraction of sp³-hybridized carbons (Fsp3) is 0.351. The molecule has 0 radical (unpaired) electrons. The number of aromatic nitrogens is 4. The van der Waals surface area contributed by atoms with Crippen molar-refractivity contribution in [2.75, 3.05) is 52.9 Å². The van der Waals surface area contributed by atoms with Gasteiger partial charge < -0.3 is 33.1 Å². The van der Waals surface area contributed by atoms with Gasteiger partial charge in [-0.15, -0.1) is 0 Å². The van der Waals surface area contributed by atoms with Crippen LogP contribution in [0.4, 0.5) is 4.79 Å². The normalized spacial score (nSPS) is 14.9. The summed E-state index contributed by atoms with van der Waals surface area (Å²) >= 11 is 0. The summed E-state index contributed by atoms with van der Waals surface area (Å²) in [5, 5.41) is 1.88. The minimum atomic E-state index is -0.542. The Kier molecular flexibility index (Phi) is 10.5. The summed E-state index contributed by atoms with van der Waals surface area (Å²) in [6, 6.07) is 18.1. The molecule has 0 bridgehead atoms. The van der Waals surface area contributed by atoms with Crippen LogP contribution in [0.2, 0.25) is 0 Å². The van der Waals surface area contributed by atoms with Crippen LogP contribution in [0.3, 0.4) is 0 Å². The standard InChI is InChI=1S/C37H38N4O9/c42-35-26-7-1-3-9-30(26)40(14-16-45-18-21-49-37(44)39-13-12-38-25-39)32-23-29-33(24-28(32)35)41(31-10-4-2-8-27(31)36(29)43)50-22-19-46-17-20-48-34-11-5-6-15-47-34/h1-4,7-10,12-13,23-25,34H,5-6,11,14-22H2. The Balaban J connectivity index is 1.13. The van der Waals surface area contributed by atoms with Crippen LogP contribution >= 0.6 is 0 Å². The third kappa shape index (κ3) is 7.12. The predicted molar refractivity (Wildman–Crippen MR) is 187 cm³/mol. The smallest absolute Gasteiger partial charge is 0.419 e. The molecular weight excluding hydrogens is 644 g/mol. The first-order chi connectivity index (χ1) is 24.6. The summed E-state index contributed by atoms with van der Waals surface area (Å²) in [4.78, 5) is 50.0. The Morgan fingerprint density at radius 1 is 0.760 bits per heavy atom. The number of nitrogens with zero attached hydrogens (tertiary/aromatic N) is 4. The molecule has 0 aliphatic carbocycles. The van der Waals surface area contributed by atoms with E-state index in [1.807, 2.05) is 41.0 Å². The zero-order valence-corrected chi connectivity index (χ0v) is 27.5. The predicted octanol–water partition coefficient (Wildman–Crippen LogP) is 4.51. The SMILES string of the molecule is O=C(OCCOCCn1c2ccccc2c(=O)c2cc3c(cc21)c(=O)c1ccccc1n3OCCOCCOC1CCCCO1)n1ccnc1. The van der Waals surface area contributed by atoms with Gasteiger partial charge in [-0.3, -0.25) is 9.59 Å².